The number of aromatic nitrogens is 5. The summed E-state index contributed by atoms with van der Waals surface area (Å²) in [5.41, 5.74) is -0.767. The highest BCUT2D eigenvalue weighted by Crippen LogP contribution is 2.33. The maximum atomic E-state index is 12.9. The molecule has 1 aromatic carbocycles. The van der Waals surface area contributed by atoms with Gasteiger partial charge in [0.2, 0.25) is 0 Å². The fourth-order valence-electron chi connectivity index (χ4n) is 2.35. The molecule has 0 fully saturated rings. The third kappa shape index (κ3) is 4.73. The summed E-state index contributed by atoms with van der Waals surface area (Å²) in [6.07, 6.45) is -0.0480. The van der Waals surface area contributed by atoms with E-state index in [1.807, 2.05) is 0 Å². The summed E-state index contributed by atoms with van der Waals surface area (Å²) in [6.45, 7) is 1.76. The topological polar surface area (TPSA) is 80.5 Å². The second kappa shape index (κ2) is 8.07. The summed E-state index contributed by atoms with van der Waals surface area (Å²) in [5, 5.41) is 9.74. The monoisotopic (exact) mass is 427 g/mol. The fourth-order valence-corrected chi connectivity index (χ4v) is 2.88. The summed E-state index contributed by atoms with van der Waals surface area (Å²) in [7, 11) is 0. The molecule has 2 aromatic heterocycles. The molecule has 3 aromatic rings. The normalized spacial score (nSPS) is 12.5. The number of hydrogen-bond acceptors (Lipinski definition) is 5. The van der Waals surface area contributed by atoms with E-state index in [9.17, 15) is 13.2 Å². The molecule has 7 nitrogen and oxygen atoms in total. The van der Waals surface area contributed by atoms with Gasteiger partial charge in [-0.25, -0.2) is 15.0 Å². The van der Waals surface area contributed by atoms with Crippen molar-refractivity contribution in [3.63, 3.8) is 0 Å². The molecule has 1 atom stereocenters. The third-order valence-corrected chi connectivity index (χ3v) is 3.97. The Balaban J connectivity index is 1.73. The van der Waals surface area contributed by atoms with Gasteiger partial charge in [-0.05, 0) is 43.4 Å². The van der Waals surface area contributed by atoms with Gasteiger partial charge in [0.15, 0.2) is 10.9 Å². The summed E-state index contributed by atoms with van der Waals surface area (Å²) in [6, 6.07) is 4.34. The van der Waals surface area contributed by atoms with Crippen LogP contribution in [0.5, 0.6) is 0 Å². The Hall–Kier alpha value is -2.79. The average molecular weight is 428 g/mol. The summed E-state index contributed by atoms with van der Waals surface area (Å²) in [4.78, 5) is 12.4. The van der Waals surface area contributed by atoms with Crippen LogP contribution in [0, 0.1) is 0 Å². The molecule has 0 spiro atoms. The van der Waals surface area contributed by atoms with Crippen LogP contribution in [-0.2, 0) is 6.18 Å². The summed E-state index contributed by atoms with van der Waals surface area (Å²) in [5.74, 6) is 0.796. The number of anilines is 1. The molecule has 0 saturated carbocycles. The quantitative estimate of drug-likeness (QED) is 0.613. The van der Waals surface area contributed by atoms with Crippen LogP contribution in [0.2, 0.25) is 5.02 Å². The lowest BCUT2D eigenvalue weighted by atomic mass is 10.2. The Morgan fingerprint density at radius 3 is 2.57 bits per heavy atom. The molecule has 3 rings (SSSR count). The lowest BCUT2D eigenvalue weighted by molar-refractivity contribution is -0.137. The van der Waals surface area contributed by atoms with E-state index in [4.69, 9.17) is 23.8 Å². The SMILES string of the molecule is C[C@H](NC(=S)Nc1cc(Cl)cc(C(F)(F)F)c1)c1ncnn1-c1ncccn1. The van der Waals surface area contributed by atoms with Crippen molar-refractivity contribution < 1.29 is 13.2 Å². The van der Waals surface area contributed by atoms with Crippen LogP contribution < -0.4 is 10.6 Å². The molecule has 0 unspecified atom stereocenters. The Morgan fingerprint density at radius 2 is 1.89 bits per heavy atom. The minimum absolute atomic E-state index is 0.0610. The number of nitrogens with one attached hydrogen (secondary N) is 2. The highest BCUT2D eigenvalue weighted by molar-refractivity contribution is 7.80. The lowest BCUT2D eigenvalue weighted by Gasteiger charge is -2.17. The number of hydrogen-bond donors (Lipinski definition) is 2. The molecular formula is C16H13ClF3N7S. The number of benzene rings is 1. The maximum absolute atomic E-state index is 12.9. The van der Waals surface area contributed by atoms with Gasteiger partial charge in [0.1, 0.15) is 6.33 Å². The molecule has 2 N–H and O–H groups in total. The van der Waals surface area contributed by atoms with Gasteiger partial charge < -0.3 is 10.6 Å². The van der Waals surface area contributed by atoms with Crippen molar-refractivity contribution in [2.45, 2.75) is 19.1 Å². The second-order valence-corrected chi connectivity index (χ2v) is 6.47. The van der Waals surface area contributed by atoms with Gasteiger partial charge in [0, 0.05) is 23.1 Å². The van der Waals surface area contributed by atoms with Crippen LogP contribution in [0.15, 0.2) is 43.0 Å². The minimum atomic E-state index is -4.52. The molecule has 2 heterocycles. The first-order valence-corrected chi connectivity index (χ1v) is 8.65. The highest BCUT2D eigenvalue weighted by Gasteiger charge is 2.31. The average Bonchev–Trinajstić information content (AvgIpc) is 3.11. The van der Waals surface area contributed by atoms with Crippen molar-refractivity contribution in [3.8, 4) is 5.95 Å². The molecule has 0 aliphatic carbocycles. The van der Waals surface area contributed by atoms with Gasteiger partial charge in [0.05, 0.1) is 11.6 Å². The van der Waals surface area contributed by atoms with Gasteiger partial charge in [-0.15, -0.1) is 0 Å². The van der Waals surface area contributed by atoms with Gasteiger partial charge >= 0.3 is 6.18 Å². The minimum Gasteiger partial charge on any atom is -0.353 e. The van der Waals surface area contributed by atoms with Crippen LogP contribution >= 0.6 is 23.8 Å². The van der Waals surface area contributed by atoms with Crippen molar-refractivity contribution in [2.75, 3.05) is 5.32 Å². The van der Waals surface area contributed by atoms with Gasteiger partial charge in [-0.1, -0.05) is 11.6 Å². The predicted octanol–water partition coefficient (Wildman–Crippen LogP) is 3.78. The molecule has 0 aliphatic heterocycles. The van der Waals surface area contributed by atoms with Crippen LogP contribution in [0.3, 0.4) is 0 Å². The molecule has 0 bridgehead atoms. The summed E-state index contributed by atoms with van der Waals surface area (Å²) < 4.78 is 40.2. The number of halogens is 4. The largest absolute Gasteiger partial charge is 0.416 e. The Kier molecular flexibility index (Phi) is 5.75. The smallest absolute Gasteiger partial charge is 0.353 e. The van der Waals surface area contributed by atoms with Gasteiger partial charge in [0.25, 0.3) is 5.95 Å². The van der Waals surface area contributed by atoms with Gasteiger partial charge in [-0.3, -0.25) is 0 Å². The molecule has 28 heavy (non-hydrogen) atoms. The van der Waals surface area contributed by atoms with Crippen molar-refractivity contribution in [2.24, 2.45) is 0 Å². The third-order valence-electron chi connectivity index (χ3n) is 3.53. The predicted molar refractivity (Wildman–Crippen MR) is 101 cm³/mol. The van der Waals surface area contributed by atoms with E-state index in [0.29, 0.717) is 11.8 Å². The standard InChI is InChI=1S/C16H13ClF3N7S/c1-9(13-23-8-24-27(13)14-21-3-2-4-22-14)25-15(28)26-12-6-10(16(18,19)20)5-11(17)7-12/h2-9H,1H3,(H2,25,26,28)/t9-/m0/s1. The number of nitrogens with zero attached hydrogens (tertiary/aromatic N) is 5. The molecule has 0 aliphatic rings. The number of alkyl halides is 3. The van der Waals surface area contributed by atoms with Crippen LogP contribution in [-0.4, -0.2) is 29.8 Å². The zero-order valence-electron chi connectivity index (χ0n) is 14.3. The molecule has 0 saturated heterocycles. The first-order valence-electron chi connectivity index (χ1n) is 7.86. The molecule has 0 amide bonds. The fraction of sp³-hybridized carbons (Fsp3) is 0.188. The number of rotatable bonds is 4. The van der Waals surface area contributed by atoms with Crippen molar-refractivity contribution >= 4 is 34.6 Å². The van der Waals surface area contributed by atoms with Crippen LogP contribution in [0.1, 0.15) is 24.4 Å². The molecule has 0 radical (unpaired) electrons. The highest BCUT2D eigenvalue weighted by atomic mass is 35.5. The molecule has 146 valence electrons. The second-order valence-electron chi connectivity index (χ2n) is 5.63. The van der Waals surface area contributed by atoms with Crippen molar-refractivity contribution in [3.05, 3.63) is 59.4 Å². The Labute approximate surface area is 168 Å². The van der Waals surface area contributed by atoms with Crippen molar-refractivity contribution in [1.82, 2.24) is 30.0 Å². The lowest BCUT2D eigenvalue weighted by Crippen LogP contribution is -2.32. The first kappa shape index (κ1) is 20.0. The van der Waals surface area contributed by atoms with Gasteiger partial charge in [-0.2, -0.15) is 23.0 Å². The van der Waals surface area contributed by atoms with E-state index < -0.39 is 17.8 Å². The zero-order valence-corrected chi connectivity index (χ0v) is 15.8. The Bertz CT molecular complexity index is 978. The maximum Gasteiger partial charge on any atom is 0.416 e. The molecular weight excluding hydrogens is 415 g/mol. The number of thiocarbonyl (C=S) groups is 1. The summed E-state index contributed by atoms with van der Waals surface area (Å²) >= 11 is 11.0. The van der Waals surface area contributed by atoms with E-state index >= 15 is 0 Å². The van der Waals surface area contributed by atoms with E-state index in [0.717, 1.165) is 12.1 Å². The van der Waals surface area contributed by atoms with Crippen LogP contribution in [0.4, 0.5) is 18.9 Å². The molecule has 12 heteroatoms. The van der Waals surface area contributed by atoms with E-state index in [2.05, 4.69) is 30.7 Å². The zero-order chi connectivity index (χ0) is 20.3. The van der Waals surface area contributed by atoms with E-state index in [1.54, 1.807) is 25.4 Å². The van der Waals surface area contributed by atoms with E-state index in [-0.39, 0.29) is 15.8 Å². The first-order chi connectivity index (χ1) is 13.2. The Morgan fingerprint density at radius 1 is 1.18 bits per heavy atom. The van der Waals surface area contributed by atoms with Crippen molar-refractivity contribution in [1.29, 1.82) is 0 Å². The van der Waals surface area contributed by atoms with E-state index in [1.165, 1.54) is 17.1 Å². The van der Waals surface area contributed by atoms with Crippen LogP contribution in [0.25, 0.3) is 5.95 Å².